The van der Waals surface area contributed by atoms with Crippen molar-refractivity contribution in [3.05, 3.63) is 18.2 Å². The van der Waals surface area contributed by atoms with Gasteiger partial charge in [-0.15, -0.1) is 12.4 Å². The Hall–Kier alpha value is -1.03. The highest BCUT2D eigenvalue weighted by atomic mass is 35.5. The summed E-state index contributed by atoms with van der Waals surface area (Å²) in [5.41, 5.74) is 5.21. The summed E-state index contributed by atoms with van der Waals surface area (Å²) >= 11 is 0. The lowest BCUT2D eigenvalue weighted by molar-refractivity contribution is 0.695. The first-order valence-electron chi connectivity index (χ1n) is 3.51. The summed E-state index contributed by atoms with van der Waals surface area (Å²) < 4.78 is 1.97. The van der Waals surface area contributed by atoms with E-state index in [0.29, 0.717) is 6.42 Å². The lowest BCUT2D eigenvalue weighted by Gasteiger charge is -2.02. The molecule has 0 spiro atoms. The molecule has 0 atom stereocenters. The number of nitrogens with zero attached hydrogens (tertiary/aromatic N) is 2. The molecular weight excluding hydrogens is 176 g/mol. The molecule has 0 aliphatic rings. The van der Waals surface area contributed by atoms with Gasteiger partial charge in [-0.3, -0.25) is 5.41 Å². The number of nitrogens with one attached hydrogen (secondary N) is 1. The van der Waals surface area contributed by atoms with Gasteiger partial charge in [-0.05, 0) is 6.92 Å². The molecule has 0 amide bonds. The van der Waals surface area contributed by atoms with Gasteiger partial charge in [-0.25, -0.2) is 4.98 Å². The Morgan fingerprint density at radius 1 is 1.75 bits per heavy atom. The molecule has 5 heteroatoms. The maximum Gasteiger partial charge on any atom is 0.105 e. The molecule has 0 aromatic carbocycles. The van der Waals surface area contributed by atoms with Gasteiger partial charge in [-0.2, -0.15) is 0 Å². The molecule has 0 fully saturated rings. The SMILES string of the molecule is Cc1nccn1CCC(=N)N.Cl. The lowest BCUT2D eigenvalue weighted by Crippen LogP contribution is -2.13. The van der Waals surface area contributed by atoms with Gasteiger partial charge in [0.2, 0.25) is 0 Å². The highest BCUT2D eigenvalue weighted by Gasteiger charge is 1.96. The molecule has 0 bridgehead atoms. The van der Waals surface area contributed by atoms with Crippen LogP contribution in [0.3, 0.4) is 0 Å². The number of imidazole rings is 1. The predicted octanol–water partition coefficient (Wildman–Crippen LogP) is 0.939. The van der Waals surface area contributed by atoms with Crippen molar-refractivity contribution in [3.63, 3.8) is 0 Å². The molecule has 12 heavy (non-hydrogen) atoms. The molecule has 0 unspecified atom stereocenters. The van der Waals surface area contributed by atoms with Crippen LogP contribution in [0.4, 0.5) is 0 Å². The molecule has 0 aliphatic heterocycles. The number of aryl methyl sites for hydroxylation is 2. The molecule has 1 rings (SSSR count). The Balaban J connectivity index is 0.00000121. The lowest BCUT2D eigenvalue weighted by atomic mass is 10.4. The monoisotopic (exact) mass is 188 g/mol. The van der Waals surface area contributed by atoms with E-state index in [-0.39, 0.29) is 18.2 Å². The summed E-state index contributed by atoms with van der Waals surface area (Å²) in [5.74, 6) is 1.18. The van der Waals surface area contributed by atoms with Crippen LogP contribution in [0.2, 0.25) is 0 Å². The zero-order valence-corrected chi connectivity index (χ0v) is 7.77. The van der Waals surface area contributed by atoms with Crippen LogP contribution in [0.25, 0.3) is 0 Å². The largest absolute Gasteiger partial charge is 0.388 e. The van der Waals surface area contributed by atoms with Crippen molar-refractivity contribution in [2.75, 3.05) is 0 Å². The van der Waals surface area contributed by atoms with Gasteiger partial charge < -0.3 is 10.3 Å². The number of amidine groups is 1. The number of nitrogens with two attached hydrogens (primary N) is 1. The van der Waals surface area contributed by atoms with E-state index in [0.717, 1.165) is 12.4 Å². The zero-order valence-electron chi connectivity index (χ0n) is 6.95. The van der Waals surface area contributed by atoms with E-state index < -0.39 is 0 Å². The minimum Gasteiger partial charge on any atom is -0.388 e. The summed E-state index contributed by atoms with van der Waals surface area (Å²) in [7, 11) is 0. The van der Waals surface area contributed by atoms with E-state index in [1.165, 1.54) is 0 Å². The molecule has 4 nitrogen and oxygen atoms in total. The van der Waals surface area contributed by atoms with Gasteiger partial charge in [0, 0.05) is 25.4 Å². The molecule has 0 radical (unpaired) electrons. The van der Waals surface area contributed by atoms with Crippen molar-refractivity contribution >= 4 is 18.2 Å². The summed E-state index contributed by atoms with van der Waals surface area (Å²) in [5, 5.41) is 7.01. The van der Waals surface area contributed by atoms with Gasteiger partial charge in [0.05, 0.1) is 5.84 Å². The summed E-state index contributed by atoms with van der Waals surface area (Å²) in [6.07, 6.45) is 4.23. The van der Waals surface area contributed by atoms with Gasteiger partial charge in [0.15, 0.2) is 0 Å². The van der Waals surface area contributed by atoms with Crippen LogP contribution in [0, 0.1) is 12.3 Å². The van der Waals surface area contributed by atoms with Gasteiger partial charge in [-0.1, -0.05) is 0 Å². The van der Waals surface area contributed by atoms with Gasteiger partial charge >= 0.3 is 0 Å². The molecule has 1 heterocycles. The van der Waals surface area contributed by atoms with E-state index in [2.05, 4.69) is 4.98 Å². The average Bonchev–Trinajstić information content (AvgIpc) is 2.31. The second-order valence-electron chi connectivity index (χ2n) is 2.44. The molecule has 3 N–H and O–H groups in total. The van der Waals surface area contributed by atoms with Crippen LogP contribution in [0.5, 0.6) is 0 Å². The quantitative estimate of drug-likeness (QED) is 0.548. The van der Waals surface area contributed by atoms with Crippen LogP contribution in [-0.4, -0.2) is 15.4 Å². The van der Waals surface area contributed by atoms with E-state index in [1.54, 1.807) is 6.20 Å². The van der Waals surface area contributed by atoms with Crippen molar-refractivity contribution in [2.45, 2.75) is 19.9 Å². The number of rotatable bonds is 3. The average molecular weight is 189 g/mol. The summed E-state index contributed by atoms with van der Waals surface area (Å²) in [6.45, 7) is 2.68. The number of halogens is 1. The summed E-state index contributed by atoms with van der Waals surface area (Å²) in [4.78, 5) is 4.05. The van der Waals surface area contributed by atoms with Crippen molar-refractivity contribution in [1.82, 2.24) is 9.55 Å². The third-order valence-electron chi connectivity index (χ3n) is 1.55. The van der Waals surface area contributed by atoms with Crippen LogP contribution >= 0.6 is 12.4 Å². The van der Waals surface area contributed by atoms with Gasteiger partial charge in [0.1, 0.15) is 5.82 Å². The topological polar surface area (TPSA) is 67.7 Å². The Bertz CT molecular complexity index is 256. The van der Waals surface area contributed by atoms with Crippen LogP contribution in [0.15, 0.2) is 12.4 Å². The third kappa shape index (κ3) is 2.92. The second kappa shape index (κ2) is 4.77. The number of hydrogen-bond donors (Lipinski definition) is 2. The Morgan fingerprint density at radius 2 is 2.42 bits per heavy atom. The molecule has 1 aromatic rings. The smallest absolute Gasteiger partial charge is 0.105 e. The molecule has 0 saturated heterocycles. The standard InChI is InChI=1S/C7H12N4.ClH/c1-6-10-3-5-11(6)4-2-7(8)9;/h3,5H,2,4H2,1H3,(H3,8,9);1H. The second-order valence-corrected chi connectivity index (χ2v) is 2.44. The van der Waals surface area contributed by atoms with E-state index >= 15 is 0 Å². The minimum atomic E-state index is 0. The fraction of sp³-hybridized carbons (Fsp3) is 0.429. The zero-order chi connectivity index (χ0) is 8.27. The Morgan fingerprint density at radius 3 is 2.83 bits per heavy atom. The van der Waals surface area contributed by atoms with Crippen molar-refractivity contribution in [1.29, 1.82) is 5.41 Å². The Kier molecular flexibility index (Phi) is 4.36. The maximum absolute atomic E-state index is 7.01. The predicted molar refractivity (Wildman–Crippen MR) is 50.7 cm³/mol. The molecule has 0 saturated carbocycles. The summed E-state index contributed by atoms with van der Waals surface area (Å²) in [6, 6.07) is 0. The first-order chi connectivity index (χ1) is 5.20. The molecule has 0 aliphatic carbocycles. The highest BCUT2D eigenvalue weighted by molar-refractivity contribution is 5.85. The van der Waals surface area contributed by atoms with E-state index in [4.69, 9.17) is 11.1 Å². The fourth-order valence-electron chi connectivity index (χ4n) is 0.881. The van der Waals surface area contributed by atoms with Crippen LogP contribution < -0.4 is 5.73 Å². The van der Waals surface area contributed by atoms with Crippen LogP contribution in [0.1, 0.15) is 12.2 Å². The van der Waals surface area contributed by atoms with Crippen molar-refractivity contribution in [3.8, 4) is 0 Å². The van der Waals surface area contributed by atoms with Gasteiger partial charge in [0.25, 0.3) is 0 Å². The number of aromatic nitrogens is 2. The number of hydrogen-bond acceptors (Lipinski definition) is 2. The van der Waals surface area contributed by atoms with E-state index in [1.807, 2.05) is 17.7 Å². The highest BCUT2D eigenvalue weighted by Crippen LogP contribution is 1.96. The first kappa shape index (κ1) is 11.0. The first-order valence-corrected chi connectivity index (χ1v) is 3.51. The fourth-order valence-corrected chi connectivity index (χ4v) is 0.881. The van der Waals surface area contributed by atoms with Crippen molar-refractivity contribution in [2.24, 2.45) is 5.73 Å². The van der Waals surface area contributed by atoms with Crippen molar-refractivity contribution < 1.29 is 0 Å². The van der Waals surface area contributed by atoms with Crippen LogP contribution in [-0.2, 0) is 6.54 Å². The Labute approximate surface area is 77.7 Å². The molecule has 68 valence electrons. The third-order valence-corrected chi connectivity index (χ3v) is 1.55. The maximum atomic E-state index is 7.01. The normalized spacial score (nSPS) is 9.08. The minimum absolute atomic E-state index is 0. The molecule has 1 aromatic heterocycles. The molecular formula is C7H13ClN4. The van der Waals surface area contributed by atoms with E-state index in [9.17, 15) is 0 Å².